The Morgan fingerprint density at radius 1 is 1.42 bits per heavy atom. The largest absolute Gasteiger partial charge is 0.456 e. The van der Waals surface area contributed by atoms with Gasteiger partial charge in [0.25, 0.3) is 0 Å². The summed E-state index contributed by atoms with van der Waals surface area (Å²) in [6.45, 7) is 0.0407. The summed E-state index contributed by atoms with van der Waals surface area (Å²) in [6.07, 6.45) is -1.53. The molecular weight excluding hydrogens is 367 g/mol. The van der Waals surface area contributed by atoms with Crippen LogP contribution in [0.4, 0.5) is 14.5 Å². The first-order chi connectivity index (χ1) is 8.81. The fourth-order valence-corrected chi connectivity index (χ4v) is 2.49. The lowest BCUT2D eigenvalue weighted by Crippen LogP contribution is -2.22. The monoisotopic (exact) mass is 373 g/mol. The van der Waals surface area contributed by atoms with E-state index in [0.29, 0.717) is 15.2 Å². The lowest BCUT2D eigenvalue weighted by atomic mass is 10.2. The van der Waals surface area contributed by atoms with Crippen molar-refractivity contribution >= 4 is 50.8 Å². The lowest BCUT2D eigenvalue weighted by Gasteiger charge is -2.13. The number of rotatable bonds is 3. The molecule has 1 heterocycles. The normalized spacial score (nSPS) is 21.3. The summed E-state index contributed by atoms with van der Waals surface area (Å²) >= 11 is 15.1. The maximum Gasteiger partial charge on any atom is 0.377 e. The Hall–Kier alpha value is -0.590. The second-order valence-corrected chi connectivity index (χ2v) is 5.65. The minimum Gasteiger partial charge on any atom is -0.456 e. The Morgan fingerprint density at radius 3 is 2.68 bits per heavy atom. The van der Waals surface area contributed by atoms with Gasteiger partial charge in [-0.15, -0.1) is 0 Å². The van der Waals surface area contributed by atoms with Crippen LogP contribution in [0.25, 0.3) is 0 Å². The van der Waals surface area contributed by atoms with Crippen molar-refractivity contribution in [2.75, 3.05) is 11.9 Å². The van der Waals surface area contributed by atoms with Crippen LogP contribution in [0.2, 0.25) is 10.0 Å². The van der Waals surface area contributed by atoms with E-state index in [0.717, 1.165) is 0 Å². The van der Waals surface area contributed by atoms with E-state index >= 15 is 0 Å². The van der Waals surface area contributed by atoms with Crippen LogP contribution in [-0.4, -0.2) is 24.5 Å². The van der Waals surface area contributed by atoms with Gasteiger partial charge in [0.15, 0.2) is 0 Å². The van der Waals surface area contributed by atoms with E-state index in [-0.39, 0.29) is 11.6 Å². The number of carbonyl (C=O) groups excluding carboxylic acids is 1. The summed E-state index contributed by atoms with van der Waals surface area (Å²) in [6, 6.07) is 3.32. The van der Waals surface area contributed by atoms with Crippen LogP contribution >= 0.6 is 39.1 Å². The van der Waals surface area contributed by atoms with E-state index in [9.17, 15) is 13.6 Å². The smallest absolute Gasteiger partial charge is 0.377 e. The molecule has 2 rings (SSSR count). The van der Waals surface area contributed by atoms with Crippen LogP contribution in [0.15, 0.2) is 16.6 Å². The molecule has 0 bridgehead atoms. The van der Waals surface area contributed by atoms with Crippen molar-refractivity contribution in [1.82, 2.24) is 0 Å². The molecule has 0 spiro atoms. The average molecular weight is 375 g/mol. The van der Waals surface area contributed by atoms with Crippen molar-refractivity contribution in [2.24, 2.45) is 0 Å². The molecule has 1 atom stereocenters. The van der Waals surface area contributed by atoms with Crippen molar-refractivity contribution in [1.29, 1.82) is 0 Å². The number of cyclic esters (lactones) is 1. The molecule has 104 valence electrons. The average Bonchev–Trinajstić information content (AvgIpc) is 2.59. The maximum atomic E-state index is 13.0. The first-order valence-corrected chi connectivity index (χ1v) is 6.82. The first-order valence-electron chi connectivity index (χ1n) is 5.27. The molecule has 19 heavy (non-hydrogen) atoms. The molecule has 0 aromatic heterocycles. The summed E-state index contributed by atoms with van der Waals surface area (Å²) in [5, 5.41) is 3.42. The van der Waals surface area contributed by atoms with E-state index in [1.807, 2.05) is 0 Å². The molecule has 0 radical (unpaired) electrons. The summed E-state index contributed by atoms with van der Waals surface area (Å²) in [7, 11) is 0. The second kappa shape index (κ2) is 5.42. The van der Waals surface area contributed by atoms with Gasteiger partial charge in [-0.05, 0) is 28.1 Å². The number of alkyl halides is 2. The number of benzene rings is 1. The molecule has 1 aromatic carbocycles. The highest BCUT2D eigenvalue weighted by Crippen LogP contribution is 2.36. The van der Waals surface area contributed by atoms with Gasteiger partial charge in [-0.3, -0.25) is 0 Å². The van der Waals surface area contributed by atoms with E-state index < -0.39 is 24.4 Å². The van der Waals surface area contributed by atoms with Crippen molar-refractivity contribution in [2.45, 2.75) is 18.4 Å². The van der Waals surface area contributed by atoms with Gasteiger partial charge in [-0.25, -0.2) is 4.79 Å². The Kier molecular flexibility index (Phi) is 4.23. The molecule has 1 aliphatic rings. The standard InChI is InChI=1S/C11H8BrCl2F2NO2/c12-6-1-2-7(9(14)8(6)13)17-4-5-3-11(15,16)10(18)19-5/h1-2,5,17H,3-4H2. The minimum atomic E-state index is -3.41. The maximum absolute atomic E-state index is 13.0. The third-order valence-electron chi connectivity index (χ3n) is 2.61. The van der Waals surface area contributed by atoms with Gasteiger partial charge in [0.05, 0.1) is 28.7 Å². The summed E-state index contributed by atoms with van der Waals surface area (Å²) in [5.74, 6) is -4.90. The van der Waals surface area contributed by atoms with Crippen molar-refractivity contribution in [3.8, 4) is 0 Å². The number of carbonyl (C=O) groups is 1. The van der Waals surface area contributed by atoms with Crippen LogP contribution in [0.3, 0.4) is 0 Å². The molecule has 1 aromatic rings. The highest BCUT2D eigenvalue weighted by atomic mass is 79.9. The number of halogens is 5. The van der Waals surface area contributed by atoms with Crippen LogP contribution in [0, 0.1) is 0 Å². The molecule has 1 aliphatic heterocycles. The number of hydrogen-bond donors (Lipinski definition) is 1. The predicted octanol–water partition coefficient (Wildman–Crippen LogP) is 4.12. The molecule has 1 saturated heterocycles. The van der Waals surface area contributed by atoms with Crippen molar-refractivity contribution < 1.29 is 18.3 Å². The molecule has 0 amide bonds. The third-order valence-corrected chi connectivity index (χ3v) is 4.38. The van der Waals surface area contributed by atoms with Crippen LogP contribution in [-0.2, 0) is 9.53 Å². The quantitative estimate of drug-likeness (QED) is 0.638. The fourth-order valence-electron chi connectivity index (χ4n) is 1.65. The number of ether oxygens (including phenoxy) is 1. The zero-order valence-corrected chi connectivity index (χ0v) is 12.5. The minimum absolute atomic E-state index is 0.0407. The van der Waals surface area contributed by atoms with Gasteiger partial charge in [-0.2, -0.15) is 8.78 Å². The molecule has 1 fully saturated rings. The van der Waals surface area contributed by atoms with E-state index in [1.165, 1.54) is 0 Å². The topological polar surface area (TPSA) is 38.3 Å². The molecule has 8 heteroatoms. The highest BCUT2D eigenvalue weighted by Gasteiger charge is 2.50. The van der Waals surface area contributed by atoms with Gasteiger partial charge in [0.1, 0.15) is 6.10 Å². The zero-order valence-electron chi connectivity index (χ0n) is 9.35. The zero-order chi connectivity index (χ0) is 14.2. The van der Waals surface area contributed by atoms with E-state index in [4.69, 9.17) is 23.2 Å². The molecule has 0 saturated carbocycles. The SMILES string of the molecule is O=C1OC(CNc2ccc(Br)c(Cl)c2Cl)CC1(F)F. The Labute approximate surface area is 126 Å². The second-order valence-electron chi connectivity index (χ2n) is 4.04. The summed E-state index contributed by atoms with van der Waals surface area (Å²) in [4.78, 5) is 10.8. The summed E-state index contributed by atoms with van der Waals surface area (Å²) < 4.78 is 31.1. The van der Waals surface area contributed by atoms with Gasteiger partial charge < -0.3 is 10.1 Å². The Morgan fingerprint density at radius 2 is 2.11 bits per heavy atom. The van der Waals surface area contributed by atoms with Gasteiger partial charge >= 0.3 is 11.9 Å². The number of esters is 1. The molecule has 0 aliphatic carbocycles. The van der Waals surface area contributed by atoms with Crippen LogP contribution < -0.4 is 5.32 Å². The molecule has 3 nitrogen and oxygen atoms in total. The van der Waals surface area contributed by atoms with Crippen molar-refractivity contribution in [3.05, 3.63) is 26.7 Å². The number of anilines is 1. The molecule has 1 unspecified atom stereocenters. The van der Waals surface area contributed by atoms with Crippen LogP contribution in [0.5, 0.6) is 0 Å². The number of nitrogens with one attached hydrogen (secondary N) is 1. The van der Waals surface area contributed by atoms with Crippen LogP contribution in [0.1, 0.15) is 6.42 Å². The molecule has 1 N–H and O–H groups in total. The van der Waals surface area contributed by atoms with Gasteiger partial charge in [-0.1, -0.05) is 23.2 Å². The summed E-state index contributed by atoms with van der Waals surface area (Å²) in [5.41, 5.74) is 0.487. The van der Waals surface area contributed by atoms with Crippen molar-refractivity contribution in [3.63, 3.8) is 0 Å². The first kappa shape index (κ1) is 14.8. The fraction of sp³-hybridized carbons (Fsp3) is 0.364. The van der Waals surface area contributed by atoms with Gasteiger partial charge in [0, 0.05) is 4.47 Å². The third kappa shape index (κ3) is 3.12. The lowest BCUT2D eigenvalue weighted by molar-refractivity contribution is -0.158. The van der Waals surface area contributed by atoms with E-state index in [2.05, 4.69) is 26.0 Å². The van der Waals surface area contributed by atoms with Gasteiger partial charge in [0.2, 0.25) is 0 Å². The Balaban J connectivity index is 2.01. The molecular formula is C11H8BrCl2F2NO2. The number of hydrogen-bond acceptors (Lipinski definition) is 3. The Bertz CT molecular complexity index is 528. The highest BCUT2D eigenvalue weighted by molar-refractivity contribution is 9.10. The van der Waals surface area contributed by atoms with E-state index in [1.54, 1.807) is 12.1 Å². The predicted molar refractivity (Wildman–Crippen MR) is 72.1 cm³/mol.